The van der Waals surface area contributed by atoms with Gasteiger partial charge in [-0.25, -0.2) is 4.98 Å². The SMILES string of the molecule is Cc1cc(C(=O)CSc2n[nH]c(-c3cccs3)n2)c(C)n1-c1ccc(OC(F)F)cc1. The number of Topliss-reactive ketones (excluding diaryl/α,β-unsaturated/α-hetero) is 1. The van der Waals surface area contributed by atoms with Crippen LogP contribution in [0.3, 0.4) is 0 Å². The second-order valence-electron chi connectivity index (χ2n) is 6.65. The predicted octanol–water partition coefficient (Wildman–Crippen LogP) is 5.52. The van der Waals surface area contributed by atoms with Crippen molar-refractivity contribution in [3.8, 4) is 22.1 Å². The van der Waals surface area contributed by atoms with Gasteiger partial charge in [-0.15, -0.1) is 16.4 Å². The molecule has 0 aliphatic carbocycles. The van der Waals surface area contributed by atoms with E-state index in [0.717, 1.165) is 22.0 Å². The van der Waals surface area contributed by atoms with Gasteiger partial charge in [0.05, 0.1) is 10.6 Å². The standard InChI is InChI=1S/C21H18F2N4O2S2/c1-12-10-16(13(2)27(12)14-5-7-15(8-6-14)29-20(22)23)17(28)11-31-21-24-19(25-26-21)18-4-3-9-30-18/h3-10,20H,11H2,1-2H3,(H,24,25,26). The van der Waals surface area contributed by atoms with Crippen molar-refractivity contribution in [2.24, 2.45) is 0 Å². The second-order valence-corrected chi connectivity index (χ2v) is 8.54. The van der Waals surface area contributed by atoms with Gasteiger partial charge >= 0.3 is 6.61 Å². The van der Waals surface area contributed by atoms with Crippen molar-refractivity contribution in [2.75, 3.05) is 5.75 Å². The molecule has 0 unspecified atom stereocenters. The van der Waals surface area contributed by atoms with Gasteiger partial charge in [-0.2, -0.15) is 8.78 Å². The van der Waals surface area contributed by atoms with Crippen LogP contribution in [0.2, 0.25) is 0 Å². The number of rotatable bonds is 8. The van der Waals surface area contributed by atoms with E-state index in [1.165, 1.54) is 23.9 Å². The Hall–Kier alpha value is -2.98. The zero-order valence-electron chi connectivity index (χ0n) is 16.6. The van der Waals surface area contributed by atoms with Crippen LogP contribution >= 0.6 is 23.1 Å². The molecule has 6 nitrogen and oxygen atoms in total. The number of hydrogen-bond donors (Lipinski definition) is 1. The van der Waals surface area contributed by atoms with E-state index in [1.807, 2.05) is 42.0 Å². The van der Waals surface area contributed by atoms with E-state index in [4.69, 9.17) is 0 Å². The van der Waals surface area contributed by atoms with E-state index in [1.54, 1.807) is 23.5 Å². The van der Waals surface area contributed by atoms with Gasteiger partial charge in [0.25, 0.3) is 0 Å². The van der Waals surface area contributed by atoms with E-state index in [-0.39, 0.29) is 17.3 Å². The highest BCUT2D eigenvalue weighted by Gasteiger charge is 2.18. The Bertz CT molecular complexity index is 1180. The number of nitrogens with zero attached hydrogens (tertiary/aromatic N) is 3. The number of benzene rings is 1. The average Bonchev–Trinajstić information content (AvgIpc) is 3.47. The molecule has 10 heteroatoms. The fourth-order valence-corrected chi connectivity index (χ4v) is 4.61. The number of hydrogen-bond acceptors (Lipinski definition) is 6. The molecule has 0 atom stereocenters. The van der Waals surface area contributed by atoms with Gasteiger partial charge in [-0.3, -0.25) is 9.89 Å². The normalized spacial score (nSPS) is 11.3. The molecule has 160 valence electrons. The van der Waals surface area contributed by atoms with Gasteiger partial charge in [0, 0.05) is 22.6 Å². The first-order valence-electron chi connectivity index (χ1n) is 9.29. The van der Waals surface area contributed by atoms with E-state index in [0.29, 0.717) is 16.5 Å². The lowest BCUT2D eigenvalue weighted by atomic mass is 10.2. The fraction of sp³-hybridized carbons (Fsp3) is 0.190. The maximum atomic E-state index is 12.8. The van der Waals surface area contributed by atoms with Crippen LogP contribution in [-0.4, -0.2) is 37.9 Å². The van der Waals surface area contributed by atoms with Crippen molar-refractivity contribution in [1.29, 1.82) is 0 Å². The van der Waals surface area contributed by atoms with Gasteiger partial charge in [0.2, 0.25) is 5.16 Å². The lowest BCUT2D eigenvalue weighted by Crippen LogP contribution is -2.06. The third-order valence-electron chi connectivity index (χ3n) is 4.60. The van der Waals surface area contributed by atoms with Crippen LogP contribution in [0.15, 0.2) is 53.0 Å². The minimum atomic E-state index is -2.87. The van der Waals surface area contributed by atoms with Crippen molar-refractivity contribution in [2.45, 2.75) is 25.6 Å². The Balaban J connectivity index is 1.47. The number of aromatic amines is 1. The summed E-state index contributed by atoms with van der Waals surface area (Å²) in [6, 6.07) is 12.0. The van der Waals surface area contributed by atoms with Crippen molar-refractivity contribution in [3.63, 3.8) is 0 Å². The summed E-state index contributed by atoms with van der Waals surface area (Å²) in [5.41, 5.74) is 3.01. The average molecular weight is 461 g/mol. The third kappa shape index (κ3) is 4.70. The first-order valence-corrected chi connectivity index (χ1v) is 11.2. The van der Waals surface area contributed by atoms with E-state index < -0.39 is 6.61 Å². The maximum Gasteiger partial charge on any atom is 0.387 e. The van der Waals surface area contributed by atoms with Crippen LogP contribution in [0.5, 0.6) is 5.75 Å². The van der Waals surface area contributed by atoms with Crippen LogP contribution in [0, 0.1) is 13.8 Å². The Morgan fingerprint density at radius 1 is 1.26 bits per heavy atom. The molecule has 0 bridgehead atoms. The fourth-order valence-electron chi connectivity index (χ4n) is 3.26. The molecule has 1 aromatic carbocycles. The van der Waals surface area contributed by atoms with Crippen molar-refractivity contribution >= 4 is 28.9 Å². The van der Waals surface area contributed by atoms with Crippen LogP contribution in [0.1, 0.15) is 21.7 Å². The molecule has 4 rings (SSSR count). The first kappa shape index (κ1) is 21.3. The molecule has 0 aliphatic heterocycles. The van der Waals surface area contributed by atoms with Crippen LogP contribution in [0.25, 0.3) is 16.4 Å². The minimum absolute atomic E-state index is 0.0375. The van der Waals surface area contributed by atoms with Crippen molar-refractivity contribution < 1.29 is 18.3 Å². The third-order valence-corrected chi connectivity index (χ3v) is 6.33. The second kappa shape index (κ2) is 9.03. The summed E-state index contributed by atoms with van der Waals surface area (Å²) < 4.78 is 31.0. The molecule has 0 aliphatic rings. The first-order chi connectivity index (χ1) is 14.9. The number of ether oxygens (including phenoxy) is 1. The molecule has 0 amide bonds. The highest BCUT2D eigenvalue weighted by Crippen LogP contribution is 2.26. The molecule has 0 fully saturated rings. The lowest BCUT2D eigenvalue weighted by Gasteiger charge is -2.11. The quantitative estimate of drug-likeness (QED) is 0.277. The van der Waals surface area contributed by atoms with Crippen LogP contribution in [0.4, 0.5) is 8.78 Å². The number of thiophene rings is 1. The van der Waals surface area contributed by atoms with Gasteiger partial charge in [-0.05, 0) is 55.6 Å². The Labute approximate surface area is 185 Å². The monoisotopic (exact) mass is 460 g/mol. The minimum Gasteiger partial charge on any atom is -0.435 e. The Morgan fingerprint density at radius 3 is 2.71 bits per heavy atom. The molecular weight excluding hydrogens is 442 g/mol. The summed E-state index contributed by atoms with van der Waals surface area (Å²) in [7, 11) is 0. The summed E-state index contributed by atoms with van der Waals surface area (Å²) in [5.74, 6) is 0.932. The van der Waals surface area contributed by atoms with Gasteiger partial charge in [-0.1, -0.05) is 17.8 Å². The van der Waals surface area contributed by atoms with Crippen molar-refractivity contribution in [3.05, 3.63) is 64.8 Å². The molecule has 4 aromatic rings. The molecule has 31 heavy (non-hydrogen) atoms. The van der Waals surface area contributed by atoms with Gasteiger partial charge in [0.15, 0.2) is 11.6 Å². The van der Waals surface area contributed by atoms with Crippen LogP contribution in [-0.2, 0) is 0 Å². The number of carbonyl (C=O) groups excluding carboxylic acids is 1. The summed E-state index contributed by atoms with van der Waals surface area (Å²) in [5, 5.41) is 9.54. The van der Waals surface area contributed by atoms with E-state index in [2.05, 4.69) is 19.9 Å². The molecule has 0 saturated carbocycles. The smallest absolute Gasteiger partial charge is 0.387 e. The van der Waals surface area contributed by atoms with Gasteiger partial charge < -0.3 is 9.30 Å². The topological polar surface area (TPSA) is 72.8 Å². The number of ketones is 1. The summed E-state index contributed by atoms with van der Waals surface area (Å²) in [6.07, 6.45) is 0. The molecule has 1 N–H and O–H groups in total. The number of halogens is 2. The van der Waals surface area contributed by atoms with Gasteiger partial charge in [0.1, 0.15) is 5.75 Å². The Kier molecular flexibility index (Phi) is 6.19. The van der Waals surface area contributed by atoms with E-state index in [9.17, 15) is 13.6 Å². The number of H-pyrrole nitrogens is 1. The predicted molar refractivity (Wildman–Crippen MR) is 117 cm³/mol. The molecule has 3 heterocycles. The Morgan fingerprint density at radius 2 is 2.03 bits per heavy atom. The highest BCUT2D eigenvalue weighted by molar-refractivity contribution is 7.99. The number of aromatic nitrogens is 4. The summed E-state index contributed by atoms with van der Waals surface area (Å²) in [4.78, 5) is 18.3. The molecule has 3 aromatic heterocycles. The number of alkyl halides is 2. The zero-order chi connectivity index (χ0) is 22.0. The van der Waals surface area contributed by atoms with E-state index >= 15 is 0 Å². The number of carbonyl (C=O) groups is 1. The molecular formula is C21H18F2N4O2S2. The largest absolute Gasteiger partial charge is 0.435 e. The summed E-state index contributed by atoms with van der Waals surface area (Å²) >= 11 is 2.83. The molecule has 0 radical (unpaired) electrons. The zero-order valence-corrected chi connectivity index (χ0v) is 18.3. The highest BCUT2D eigenvalue weighted by atomic mass is 32.2. The summed E-state index contributed by atoms with van der Waals surface area (Å²) in [6.45, 7) is 0.882. The van der Waals surface area contributed by atoms with Crippen molar-refractivity contribution in [1.82, 2.24) is 19.7 Å². The lowest BCUT2D eigenvalue weighted by molar-refractivity contribution is -0.0498. The number of aryl methyl sites for hydroxylation is 1. The van der Waals surface area contributed by atoms with Crippen LogP contribution < -0.4 is 4.74 Å². The molecule has 0 saturated heterocycles. The number of nitrogens with one attached hydrogen (secondary N) is 1. The number of thioether (sulfide) groups is 1. The maximum absolute atomic E-state index is 12.8. The molecule has 0 spiro atoms.